The maximum Gasteiger partial charge on any atom is 0.222 e. The Balaban J connectivity index is 1.54. The van der Waals surface area contributed by atoms with Crippen molar-refractivity contribution in [2.75, 3.05) is 13.1 Å². The van der Waals surface area contributed by atoms with E-state index >= 15 is 0 Å². The van der Waals surface area contributed by atoms with E-state index in [1.807, 2.05) is 18.2 Å². The first-order valence-electron chi connectivity index (χ1n) is 9.29. The van der Waals surface area contributed by atoms with Gasteiger partial charge in [-0.25, -0.2) is 0 Å². The van der Waals surface area contributed by atoms with E-state index in [0.29, 0.717) is 18.2 Å². The molecule has 0 aromatic heterocycles. The number of carbonyl (C=O) groups is 1. The molecule has 3 heteroatoms. The lowest BCUT2D eigenvalue weighted by Crippen LogP contribution is -2.34. The highest BCUT2D eigenvalue weighted by Gasteiger charge is 2.22. The summed E-state index contributed by atoms with van der Waals surface area (Å²) >= 11 is 6.01. The molecule has 2 aromatic rings. The first-order chi connectivity index (χ1) is 12.2. The molecule has 1 aliphatic heterocycles. The number of rotatable bonds is 5. The average molecular weight is 356 g/mol. The Kier molecular flexibility index (Phi) is 6.52. The molecule has 132 valence electrons. The largest absolute Gasteiger partial charge is 0.342 e. The molecule has 1 aliphatic rings. The van der Waals surface area contributed by atoms with Crippen LogP contribution in [-0.4, -0.2) is 23.9 Å². The van der Waals surface area contributed by atoms with E-state index in [0.717, 1.165) is 43.8 Å². The van der Waals surface area contributed by atoms with Crippen molar-refractivity contribution >= 4 is 17.5 Å². The summed E-state index contributed by atoms with van der Waals surface area (Å²) in [6, 6.07) is 18.5. The van der Waals surface area contributed by atoms with E-state index in [4.69, 9.17) is 11.6 Å². The van der Waals surface area contributed by atoms with Gasteiger partial charge in [0.2, 0.25) is 5.91 Å². The lowest BCUT2D eigenvalue weighted by Gasteiger charge is -2.25. The molecule has 0 saturated carbocycles. The Morgan fingerprint density at radius 1 is 1.04 bits per heavy atom. The molecule has 0 N–H and O–H groups in total. The number of hydrogen-bond donors (Lipinski definition) is 0. The van der Waals surface area contributed by atoms with E-state index in [1.54, 1.807) is 0 Å². The van der Waals surface area contributed by atoms with Gasteiger partial charge in [0, 0.05) is 30.5 Å². The number of amides is 1. The van der Waals surface area contributed by atoms with Gasteiger partial charge in [0.15, 0.2) is 0 Å². The van der Waals surface area contributed by atoms with Gasteiger partial charge in [0.05, 0.1) is 0 Å². The maximum absolute atomic E-state index is 12.7. The molecule has 2 nitrogen and oxygen atoms in total. The first kappa shape index (κ1) is 18.0. The minimum atomic E-state index is 0.303. The van der Waals surface area contributed by atoms with Crippen LogP contribution < -0.4 is 0 Å². The fourth-order valence-electron chi connectivity index (χ4n) is 3.62. The summed E-state index contributed by atoms with van der Waals surface area (Å²) in [5.41, 5.74) is 2.61. The molecule has 25 heavy (non-hydrogen) atoms. The second kappa shape index (κ2) is 9.05. The fraction of sp³-hybridized carbons (Fsp3) is 0.409. The van der Waals surface area contributed by atoms with Gasteiger partial charge >= 0.3 is 0 Å². The van der Waals surface area contributed by atoms with Crippen LogP contribution in [0.25, 0.3) is 0 Å². The second-order valence-electron chi connectivity index (χ2n) is 6.92. The van der Waals surface area contributed by atoms with Crippen molar-refractivity contribution in [2.45, 2.75) is 44.4 Å². The topological polar surface area (TPSA) is 20.3 Å². The second-order valence-corrected chi connectivity index (χ2v) is 7.36. The number of halogens is 1. The lowest BCUT2D eigenvalue weighted by molar-refractivity contribution is -0.131. The van der Waals surface area contributed by atoms with Crippen LogP contribution in [0.1, 0.15) is 49.1 Å². The number of nitrogens with zero attached hydrogens (tertiary/aromatic N) is 1. The monoisotopic (exact) mass is 355 g/mol. The first-order valence-corrected chi connectivity index (χ1v) is 9.67. The van der Waals surface area contributed by atoms with Crippen LogP contribution >= 0.6 is 11.6 Å². The Morgan fingerprint density at radius 3 is 2.56 bits per heavy atom. The summed E-state index contributed by atoms with van der Waals surface area (Å²) in [6.45, 7) is 1.74. The predicted octanol–water partition coefficient (Wildman–Crippen LogP) is 5.46. The van der Waals surface area contributed by atoms with Gasteiger partial charge in [-0.3, -0.25) is 4.79 Å². The fourth-order valence-corrected chi connectivity index (χ4v) is 3.75. The molecule has 1 atom stereocenters. The zero-order chi connectivity index (χ0) is 17.5. The molecule has 1 fully saturated rings. The maximum atomic E-state index is 12.7. The third kappa shape index (κ3) is 5.34. The third-order valence-electron chi connectivity index (χ3n) is 5.06. The van der Waals surface area contributed by atoms with Crippen molar-refractivity contribution in [3.05, 3.63) is 70.7 Å². The summed E-state index contributed by atoms with van der Waals surface area (Å²) in [4.78, 5) is 14.8. The quantitative estimate of drug-likeness (QED) is 0.697. The van der Waals surface area contributed by atoms with Gasteiger partial charge in [0.1, 0.15) is 0 Å². The van der Waals surface area contributed by atoms with Crippen molar-refractivity contribution in [2.24, 2.45) is 0 Å². The van der Waals surface area contributed by atoms with Crippen LogP contribution in [0.3, 0.4) is 0 Å². The molecule has 0 bridgehead atoms. The zero-order valence-corrected chi connectivity index (χ0v) is 15.4. The molecular formula is C22H26ClNO. The molecule has 1 heterocycles. The van der Waals surface area contributed by atoms with Gasteiger partial charge in [-0.05, 0) is 48.9 Å². The van der Waals surface area contributed by atoms with Crippen molar-refractivity contribution < 1.29 is 4.79 Å². The van der Waals surface area contributed by atoms with Crippen LogP contribution in [-0.2, 0) is 11.2 Å². The lowest BCUT2D eigenvalue weighted by atomic mass is 9.94. The number of aryl methyl sites for hydroxylation is 1. The summed E-state index contributed by atoms with van der Waals surface area (Å²) in [5, 5.41) is 0.770. The number of carbonyl (C=O) groups excluding carboxylic acids is 1. The Hall–Kier alpha value is -1.80. The minimum Gasteiger partial charge on any atom is -0.342 e. The number of hydrogen-bond acceptors (Lipinski definition) is 1. The van der Waals surface area contributed by atoms with E-state index < -0.39 is 0 Å². The minimum absolute atomic E-state index is 0.303. The molecule has 0 spiro atoms. The number of likely N-dealkylation sites (tertiary alicyclic amines) is 1. The molecule has 3 rings (SSSR count). The average Bonchev–Trinajstić information content (AvgIpc) is 2.89. The normalized spacial score (nSPS) is 18.0. The van der Waals surface area contributed by atoms with E-state index in [-0.39, 0.29) is 0 Å². The highest BCUT2D eigenvalue weighted by Crippen LogP contribution is 2.28. The van der Waals surface area contributed by atoms with Crippen molar-refractivity contribution in [3.63, 3.8) is 0 Å². The molecule has 1 unspecified atom stereocenters. The van der Waals surface area contributed by atoms with Crippen LogP contribution in [0.2, 0.25) is 5.02 Å². The van der Waals surface area contributed by atoms with E-state index in [1.165, 1.54) is 17.5 Å². The molecule has 0 aliphatic carbocycles. The summed E-state index contributed by atoms with van der Waals surface area (Å²) in [6.07, 6.45) is 5.97. The van der Waals surface area contributed by atoms with Gasteiger partial charge in [-0.15, -0.1) is 0 Å². The van der Waals surface area contributed by atoms with Crippen LogP contribution in [0.5, 0.6) is 0 Å². The Bertz CT molecular complexity index is 668. The highest BCUT2D eigenvalue weighted by molar-refractivity contribution is 6.30. The van der Waals surface area contributed by atoms with Crippen LogP contribution in [0, 0.1) is 0 Å². The van der Waals surface area contributed by atoms with Crippen LogP contribution in [0.4, 0.5) is 0 Å². The summed E-state index contributed by atoms with van der Waals surface area (Å²) in [7, 11) is 0. The zero-order valence-electron chi connectivity index (χ0n) is 14.7. The third-order valence-corrected chi connectivity index (χ3v) is 5.32. The molecule has 1 amide bonds. The van der Waals surface area contributed by atoms with Crippen molar-refractivity contribution in [3.8, 4) is 0 Å². The molecular weight excluding hydrogens is 330 g/mol. The molecule has 2 aromatic carbocycles. The van der Waals surface area contributed by atoms with Crippen LogP contribution in [0.15, 0.2) is 54.6 Å². The molecule has 1 saturated heterocycles. The summed E-state index contributed by atoms with van der Waals surface area (Å²) < 4.78 is 0. The Labute approximate surface area is 155 Å². The van der Waals surface area contributed by atoms with Crippen molar-refractivity contribution in [1.29, 1.82) is 0 Å². The van der Waals surface area contributed by atoms with Gasteiger partial charge in [0.25, 0.3) is 0 Å². The highest BCUT2D eigenvalue weighted by atomic mass is 35.5. The summed E-state index contributed by atoms with van der Waals surface area (Å²) in [5.74, 6) is 0.731. The standard InChI is InChI=1S/C22H26ClNO/c23-21-14-12-19(13-15-21)20-10-4-5-16-24(17-20)22(25)11-6-9-18-7-2-1-3-8-18/h1-3,7-8,12-15,20H,4-6,9-11,16-17H2. The van der Waals surface area contributed by atoms with Gasteiger partial charge in [-0.1, -0.05) is 60.5 Å². The smallest absolute Gasteiger partial charge is 0.222 e. The Morgan fingerprint density at radius 2 is 1.80 bits per heavy atom. The predicted molar refractivity (Wildman–Crippen MR) is 104 cm³/mol. The molecule has 0 radical (unpaired) electrons. The van der Waals surface area contributed by atoms with Crippen molar-refractivity contribution in [1.82, 2.24) is 4.90 Å². The van der Waals surface area contributed by atoms with E-state index in [9.17, 15) is 4.79 Å². The van der Waals surface area contributed by atoms with Gasteiger partial charge in [-0.2, -0.15) is 0 Å². The number of benzene rings is 2. The SMILES string of the molecule is O=C(CCCc1ccccc1)N1CCCCC(c2ccc(Cl)cc2)C1. The van der Waals surface area contributed by atoms with E-state index in [2.05, 4.69) is 41.3 Å². The van der Waals surface area contributed by atoms with Gasteiger partial charge < -0.3 is 4.90 Å².